The summed E-state index contributed by atoms with van der Waals surface area (Å²) in [6.45, 7) is 3.66. The van der Waals surface area contributed by atoms with E-state index in [0.717, 1.165) is 18.0 Å². The average Bonchev–Trinajstić information content (AvgIpc) is 3.10. The largest absolute Gasteiger partial charge is 0.388 e. The van der Waals surface area contributed by atoms with Crippen molar-refractivity contribution in [1.29, 1.82) is 0 Å². The third-order valence-corrected chi connectivity index (χ3v) is 3.98. The number of carbonyl (C=O) groups excluding carboxylic acids is 1. The van der Waals surface area contributed by atoms with Crippen molar-refractivity contribution in [1.82, 2.24) is 14.8 Å². The first kappa shape index (κ1) is 12.6. The number of hydrogen-bond donors (Lipinski definition) is 1. The predicted octanol–water partition coefficient (Wildman–Crippen LogP) is 1.56. The molecule has 0 spiro atoms. The molecule has 1 aromatic heterocycles. The molecule has 94 valence electrons. The standard InChI is InChI=1S/C11H17N3O2S/c1-3-9(16)7(2)17-11-13-12-10(6-15)14(11)8-4-5-8/h7-8,15H,3-6H2,1-2H3. The quantitative estimate of drug-likeness (QED) is 0.781. The molecule has 2 rings (SSSR count). The molecule has 6 heteroatoms. The Hall–Kier alpha value is -0.880. The number of ketones is 1. The zero-order valence-electron chi connectivity index (χ0n) is 10.1. The lowest BCUT2D eigenvalue weighted by Gasteiger charge is -2.10. The smallest absolute Gasteiger partial charge is 0.192 e. The normalized spacial score (nSPS) is 17.1. The van der Waals surface area contributed by atoms with E-state index >= 15 is 0 Å². The molecule has 5 nitrogen and oxygen atoms in total. The molecule has 0 saturated heterocycles. The molecular weight excluding hydrogens is 238 g/mol. The maximum Gasteiger partial charge on any atom is 0.192 e. The van der Waals surface area contributed by atoms with Gasteiger partial charge in [-0.1, -0.05) is 18.7 Å². The molecule has 1 fully saturated rings. The predicted molar refractivity (Wildman–Crippen MR) is 64.8 cm³/mol. The van der Waals surface area contributed by atoms with Gasteiger partial charge in [-0.15, -0.1) is 10.2 Å². The van der Waals surface area contributed by atoms with Crippen molar-refractivity contribution < 1.29 is 9.90 Å². The fraction of sp³-hybridized carbons (Fsp3) is 0.727. The van der Waals surface area contributed by atoms with E-state index in [1.54, 1.807) is 0 Å². The third-order valence-electron chi connectivity index (χ3n) is 2.87. The number of hydrogen-bond acceptors (Lipinski definition) is 5. The van der Waals surface area contributed by atoms with Crippen LogP contribution in [0.1, 0.15) is 45.0 Å². The summed E-state index contributed by atoms with van der Waals surface area (Å²) in [6.07, 6.45) is 2.75. The van der Waals surface area contributed by atoms with E-state index in [1.807, 2.05) is 18.4 Å². The van der Waals surface area contributed by atoms with Crippen LogP contribution in [0.4, 0.5) is 0 Å². The van der Waals surface area contributed by atoms with Crippen LogP contribution in [0.15, 0.2) is 5.16 Å². The van der Waals surface area contributed by atoms with Gasteiger partial charge in [0.25, 0.3) is 0 Å². The molecule has 17 heavy (non-hydrogen) atoms. The van der Waals surface area contributed by atoms with Crippen molar-refractivity contribution >= 4 is 17.5 Å². The average molecular weight is 255 g/mol. The van der Waals surface area contributed by atoms with Gasteiger partial charge >= 0.3 is 0 Å². The minimum atomic E-state index is -0.103. The molecule has 1 aromatic rings. The van der Waals surface area contributed by atoms with Gasteiger partial charge < -0.3 is 9.67 Å². The summed E-state index contributed by atoms with van der Waals surface area (Å²) in [7, 11) is 0. The Bertz CT molecular complexity index is 415. The number of aliphatic hydroxyl groups excluding tert-OH is 1. The Morgan fingerprint density at radius 1 is 1.59 bits per heavy atom. The molecule has 0 amide bonds. The summed E-state index contributed by atoms with van der Waals surface area (Å²) in [5.74, 6) is 0.817. The van der Waals surface area contributed by atoms with Crippen molar-refractivity contribution in [3.63, 3.8) is 0 Å². The lowest BCUT2D eigenvalue weighted by atomic mass is 10.2. The summed E-state index contributed by atoms with van der Waals surface area (Å²) in [6, 6.07) is 0.415. The lowest BCUT2D eigenvalue weighted by molar-refractivity contribution is -0.118. The number of rotatable bonds is 6. The van der Waals surface area contributed by atoms with E-state index in [9.17, 15) is 9.90 Å². The molecule has 0 aromatic carbocycles. The highest BCUT2D eigenvalue weighted by Gasteiger charge is 2.30. The highest BCUT2D eigenvalue weighted by atomic mass is 32.2. The minimum absolute atomic E-state index is 0.0971. The topological polar surface area (TPSA) is 68.0 Å². The van der Waals surface area contributed by atoms with E-state index in [2.05, 4.69) is 10.2 Å². The summed E-state index contributed by atoms with van der Waals surface area (Å²) in [5, 5.41) is 17.9. The Morgan fingerprint density at radius 2 is 2.29 bits per heavy atom. The molecule has 1 atom stereocenters. The first-order valence-electron chi connectivity index (χ1n) is 5.91. The van der Waals surface area contributed by atoms with E-state index < -0.39 is 0 Å². The Labute approximate surface area is 105 Å². The van der Waals surface area contributed by atoms with Crippen LogP contribution in [0.2, 0.25) is 0 Å². The SMILES string of the molecule is CCC(=O)C(C)Sc1nnc(CO)n1C1CC1. The van der Waals surface area contributed by atoms with Crippen molar-refractivity contribution in [3.05, 3.63) is 5.82 Å². The molecule has 0 radical (unpaired) electrons. The summed E-state index contributed by atoms with van der Waals surface area (Å²) >= 11 is 1.44. The van der Waals surface area contributed by atoms with Crippen LogP contribution >= 0.6 is 11.8 Å². The second-order valence-corrected chi connectivity index (χ2v) is 5.55. The summed E-state index contributed by atoms with van der Waals surface area (Å²) < 4.78 is 1.98. The summed E-state index contributed by atoms with van der Waals surface area (Å²) in [4.78, 5) is 11.6. The number of nitrogens with zero attached hydrogens (tertiary/aromatic N) is 3. The number of carbonyl (C=O) groups is 1. The van der Waals surface area contributed by atoms with Crippen molar-refractivity contribution in [2.45, 2.75) is 56.2 Å². The number of Topliss-reactive ketones (excluding diaryl/α,β-unsaturated/α-hetero) is 1. The van der Waals surface area contributed by atoms with E-state index in [4.69, 9.17) is 0 Å². The van der Waals surface area contributed by atoms with Crippen molar-refractivity contribution in [2.75, 3.05) is 0 Å². The zero-order chi connectivity index (χ0) is 12.4. The van der Waals surface area contributed by atoms with Gasteiger partial charge in [0.2, 0.25) is 0 Å². The number of aliphatic hydroxyl groups is 1. The van der Waals surface area contributed by atoms with Crippen molar-refractivity contribution in [3.8, 4) is 0 Å². The van der Waals surface area contributed by atoms with Crippen LogP contribution < -0.4 is 0 Å². The first-order chi connectivity index (χ1) is 8.17. The van der Waals surface area contributed by atoms with E-state index in [1.165, 1.54) is 11.8 Å². The molecule has 1 heterocycles. The van der Waals surface area contributed by atoms with Crippen LogP contribution in [0.5, 0.6) is 0 Å². The van der Waals surface area contributed by atoms with Crippen LogP contribution in [0.3, 0.4) is 0 Å². The Morgan fingerprint density at radius 3 is 2.82 bits per heavy atom. The van der Waals surface area contributed by atoms with Gasteiger partial charge in [-0.2, -0.15) is 0 Å². The maximum atomic E-state index is 11.6. The lowest BCUT2D eigenvalue weighted by Crippen LogP contribution is -2.13. The zero-order valence-corrected chi connectivity index (χ0v) is 10.9. The molecule has 1 N–H and O–H groups in total. The molecule has 0 bridgehead atoms. The van der Waals surface area contributed by atoms with Gasteiger partial charge in [0, 0.05) is 12.5 Å². The molecule has 1 aliphatic carbocycles. The van der Waals surface area contributed by atoms with Gasteiger partial charge in [-0.25, -0.2) is 0 Å². The second kappa shape index (κ2) is 5.18. The fourth-order valence-electron chi connectivity index (χ4n) is 1.71. The van der Waals surface area contributed by atoms with Crippen LogP contribution in [0, 0.1) is 0 Å². The molecule has 0 aliphatic heterocycles. The van der Waals surface area contributed by atoms with Crippen LogP contribution in [-0.4, -0.2) is 30.9 Å². The van der Waals surface area contributed by atoms with E-state index in [-0.39, 0.29) is 17.6 Å². The summed E-state index contributed by atoms with van der Waals surface area (Å²) in [5.41, 5.74) is 0. The monoisotopic (exact) mass is 255 g/mol. The molecule has 1 aliphatic rings. The maximum absolute atomic E-state index is 11.6. The fourth-order valence-corrected chi connectivity index (χ4v) is 2.78. The van der Waals surface area contributed by atoms with Crippen LogP contribution in [0.25, 0.3) is 0 Å². The van der Waals surface area contributed by atoms with Gasteiger partial charge in [0.05, 0.1) is 5.25 Å². The molecule has 1 saturated carbocycles. The number of aromatic nitrogens is 3. The van der Waals surface area contributed by atoms with Gasteiger partial charge in [-0.3, -0.25) is 4.79 Å². The Kier molecular flexibility index (Phi) is 3.83. The third kappa shape index (κ3) is 2.69. The highest BCUT2D eigenvalue weighted by molar-refractivity contribution is 8.00. The molecule has 1 unspecified atom stereocenters. The van der Waals surface area contributed by atoms with E-state index in [0.29, 0.717) is 18.3 Å². The Balaban J connectivity index is 2.15. The van der Waals surface area contributed by atoms with Crippen LogP contribution in [-0.2, 0) is 11.4 Å². The van der Waals surface area contributed by atoms with Gasteiger partial charge in [0.1, 0.15) is 12.4 Å². The highest BCUT2D eigenvalue weighted by Crippen LogP contribution is 2.39. The van der Waals surface area contributed by atoms with Crippen molar-refractivity contribution in [2.24, 2.45) is 0 Å². The second-order valence-electron chi connectivity index (χ2n) is 4.24. The van der Waals surface area contributed by atoms with Gasteiger partial charge in [0.15, 0.2) is 11.0 Å². The molecular formula is C11H17N3O2S. The minimum Gasteiger partial charge on any atom is -0.388 e. The first-order valence-corrected chi connectivity index (χ1v) is 6.79. The van der Waals surface area contributed by atoms with Gasteiger partial charge in [-0.05, 0) is 19.8 Å². The number of thioether (sulfide) groups is 1.